The molecular formula is C13H11F. The van der Waals surface area contributed by atoms with Crippen molar-refractivity contribution >= 4 is 0 Å². The van der Waals surface area contributed by atoms with Crippen LogP contribution in [0.2, 0.25) is 0 Å². The predicted molar refractivity (Wildman–Crippen MR) is 56.6 cm³/mol. The van der Waals surface area contributed by atoms with Gasteiger partial charge < -0.3 is 0 Å². The van der Waals surface area contributed by atoms with Gasteiger partial charge in [0, 0.05) is 5.56 Å². The maximum atomic E-state index is 13.9. The van der Waals surface area contributed by atoms with Crippen LogP contribution in [0.25, 0.3) is 11.1 Å². The minimum absolute atomic E-state index is 0.0163. The third-order valence-corrected chi connectivity index (χ3v) is 1.89. The van der Waals surface area contributed by atoms with E-state index in [1.54, 1.807) is 13.0 Å². The molecule has 0 aliphatic heterocycles. The van der Waals surface area contributed by atoms with Gasteiger partial charge in [-0.3, -0.25) is 0 Å². The van der Waals surface area contributed by atoms with Crippen LogP contribution in [0.15, 0.2) is 48.4 Å². The highest BCUT2D eigenvalue weighted by atomic mass is 19.1. The highest BCUT2D eigenvalue weighted by Gasteiger charge is 2.03. The van der Waals surface area contributed by atoms with Crippen molar-refractivity contribution in [2.24, 2.45) is 0 Å². The molecule has 0 bridgehead atoms. The van der Waals surface area contributed by atoms with E-state index in [2.05, 4.69) is 0 Å². The zero-order valence-corrected chi connectivity index (χ0v) is 7.61. The first kappa shape index (κ1) is 4.74. The molecule has 0 aliphatic carbocycles. The lowest BCUT2D eigenvalue weighted by Gasteiger charge is -2.03. The fourth-order valence-electron chi connectivity index (χ4n) is 1.21. The molecule has 2 rings (SSSR count). The summed E-state index contributed by atoms with van der Waals surface area (Å²) in [7, 11) is 0. The number of rotatable bonds is 1. The summed E-state index contributed by atoms with van der Waals surface area (Å²) in [6, 6.07) is 2.15. The van der Waals surface area contributed by atoms with Gasteiger partial charge in [-0.05, 0) is 24.1 Å². The van der Waals surface area contributed by atoms with Gasteiger partial charge in [0.05, 0.1) is 6.85 Å². The van der Waals surface area contributed by atoms with E-state index in [1.807, 2.05) is 0 Å². The van der Waals surface area contributed by atoms with Crippen LogP contribution in [0.1, 0.15) is 12.4 Å². The number of hydrogen-bond acceptors (Lipinski definition) is 0. The summed E-state index contributed by atoms with van der Waals surface area (Å²) in [6.07, 6.45) is 0. The quantitative estimate of drug-likeness (QED) is 0.643. The number of aryl methyl sites for hydroxylation is 1. The van der Waals surface area contributed by atoms with Gasteiger partial charge in [0.1, 0.15) is 5.82 Å². The maximum absolute atomic E-state index is 13.9. The molecule has 0 atom stereocenters. The van der Waals surface area contributed by atoms with Crippen LogP contribution in [0, 0.1) is 12.7 Å². The summed E-state index contributed by atoms with van der Waals surface area (Å²) in [6.45, 7) is 1.72. The average molecular weight is 191 g/mol. The van der Waals surface area contributed by atoms with E-state index in [0.29, 0.717) is 5.56 Å². The second-order valence-corrected chi connectivity index (χ2v) is 2.98. The van der Waals surface area contributed by atoms with Crippen molar-refractivity contribution in [3.8, 4) is 11.1 Å². The molecule has 0 saturated carbocycles. The largest absolute Gasteiger partial charge is 0.206 e. The summed E-state index contributed by atoms with van der Waals surface area (Å²) in [5.74, 6) is -0.599. The van der Waals surface area contributed by atoms with Crippen LogP contribution in [-0.2, 0) is 0 Å². The molecule has 0 N–H and O–H groups in total. The molecule has 14 heavy (non-hydrogen) atoms. The first-order valence-corrected chi connectivity index (χ1v) is 4.18. The summed E-state index contributed by atoms with van der Waals surface area (Å²) >= 11 is 0. The zero-order valence-electron chi connectivity index (χ0n) is 12.6. The SMILES string of the molecule is [2H]c1c([2H])c([2H])c(-c2ccc(C)cc2F)c([2H])c1[2H]. The van der Waals surface area contributed by atoms with Gasteiger partial charge >= 0.3 is 0 Å². The average Bonchev–Trinajstić information content (AvgIpc) is 2.37. The summed E-state index contributed by atoms with van der Waals surface area (Å²) in [4.78, 5) is 0. The van der Waals surface area contributed by atoms with Crippen molar-refractivity contribution in [1.82, 2.24) is 0 Å². The van der Waals surface area contributed by atoms with E-state index < -0.39 is 36.0 Å². The lowest BCUT2D eigenvalue weighted by Crippen LogP contribution is -1.84. The number of benzene rings is 2. The Morgan fingerprint density at radius 3 is 2.50 bits per heavy atom. The second kappa shape index (κ2) is 3.62. The topological polar surface area (TPSA) is 0 Å². The minimum Gasteiger partial charge on any atom is -0.206 e. The molecule has 0 saturated heterocycles. The molecule has 0 radical (unpaired) electrons. The third-order valence-electron chi connectivity index (χ3n) is 1.89. The van der Waals surface area contributed by atoms with Crippen LogP contribution >= 0.6 is 0 Å². The van der Waals surface area contributed by atoms with Crippen LogP contribution in [-0.4, -0.2) is 0 Å². The van der Waals surface area contributed by atoms with Gasteiger partial charge in [-0.1, -0.05) is 42.3 Å². The Labute approximate surface area is 90.0 Å². The molecule has 2 aromatic carbocycles. The number of halogens is 1. The summed E-state index contributed by atoms with van der Waals surface area (Å²) in [5, 5.41) is 0. The summed E-state index contributed by atoms with van der Waals surface area (Å²) < 4.78 is 52.1. The monoisotopic (exact) mass is 191 g/mol. The Morgan fingerprint density at radius 2 is 1.86 bits per heavy atom. The standard InChI is InChI=1S/C13H11F/c1-10-7-8-12(13(14)9-10)11-5-3-2-4-6-11/h2-9H,1H3/i2D,3D,4D,5D,6D. The van der Waals surface area contributed by atoms with Crippen molar-refractivity contribution < 1.29 is 11.2 Å². The fraction of sp³-hybridized carbons (Fsp3) is 0.0769. The molecule has 0 nitrogen and oxygen atoms in total. The van der Waals surface area contributed by atoms with Gasteiger partial charge in [-0.25, -0.2) is 4.39 Å². The second-order valence-electron chi connectivity index (χ2n) is 2.98. The molecule has 1 heteroatoms. The summed E-state index contributed by atoms with van der Waals surface area (Å²) in [5.41, 5.74) is 0.611. The van der Waals surface area contributed by atoms with Crippen molar-refractivity contribution in [1.29, 1.82) is 0 Å². The molecule has 0 unspecified atom stereocenters. The molecular weight excluding hydrogens is 175 g/mol. The Balaban J connectivity index is 2.83. The lowest BCUT2D eigenvalue weighted by atomic mass is 10.0. The first-order valence-electron chi connectivity index (χ1n) is 6.68. The van der Waals surface area contributed by atoms with E-state index in [4.69, 9.17) is 6.85 Å². The Bertz CT molecular complexity index is 638. The van der Waals surface area contributed by atoms with Crippen molar-refractivity contribution in [2.75, 3.05) is 0 Å². The normalized spacial score (nSPS) is 15.1. The highest BCUT2D eigenvalue weighted by Crippen LogP contribution is 2.22. The first-order chi connectivity index (χ1) is 8.84. The van der Waals surface area contributed by atoms with E-state index in [0.717, 1.165) is 0 Å². The van der Waals surface area contributed by atoms with Gasteiger partial charge in [-0.2, -0.15) is 0 Å². The highest BCUT2D eigenvalue weighted by molar-refractivity contribution is 5.64. The van der Waals surface area contributed by atoms with Gasteiger partial charge in [0.15, 0.2) is 0 Å². The van der Waals surface area contributed by atoms with E-state index in [9.17, 15) is 4.39 Å². The Hall–Kier alpha value is -1.63. The van der Waals surface area contributed by atoms with E-state index in [1.165, 1.54) is 12.1 Å². The van der Waals surface area contributed by atoms with Crippen molar-refractivity contribution in [3.05, 3.63) is 59.8 Å². The van der Waals surface area contributed by atoms with Crippen LogP contribution in [0.4, 0.5) is 4.39 Å². The minimum atomic E-state index is -0.599. The molecule has 70 valence electrons. The zero-order chi connectivity index (χ0) is 14.3. The van der Waals surface area contributed by atoms with Crippen LogP contribution in [0.5, 0.6) is 0 Å². The van der Waals surface area contributed by atoms with Gasteiger partial charge in [0.25, 0.3) is 0 Å². The van der Waals surface area contributed by atoms with Crippen LogP contribution in [0.3, 0.4) is 0 Å². The molecule has 0 fully saturated rings. The Morgan fingerprint density at radius 1 is 1.14 bits per heavy atom. The third kappa shape index (κ3) is 1.67. The molecule has 0 heterocycles. The maximum Gasteiger partial charge on any atom is 0.131 e. The van der Waals surface area contributed by atoms with E-state index >= 15 is 0 Å². The fourth-order valence-corrected chi connectivity index (χ4v) is 1.21. The van der Waals surface area contributed by atoms with Crippen LogP contribution < -0.4 is 0 Å². The number of hydrogen-bond donors (Lipinski definition) is 0. The van der Waals surface area contributed by atoms with E-state index in [-0.39, 0.29) is 11.1 Å². The lowest BCUT2D eigenvalue weighted by molar-refractivity contribution is 0.630. The molecule has 0 aliphatic rings. The Kier molecular flexibility index (Phi) is 1.23. The molecule has 2 aromatic rings. The van der Waals surface area contributed by atoms with Gasteiger partial charge in [-0.15, -0.1) is 0 Å². The molecule has 0 spiro atoms. The van der Waals surface area contributed by atoms with Crippen molar-refractivity contribution in [3.63, 3.8) is 0 Å². The molecule has 0 amide bonds. The van der Waals surface area contributed by atoms with Gasteiger partial charge in [0.2, 0.25) is 0 Å². The predicted octanol–water partition coefficient (Wildman–Crippen LogP) is 3.80. The molecule has 0 aromatic heterocycles. The van der Waals surface area contributed by atoms with Crippen molar-refractivity contribution in [2.45, 2.75) is 6.92 Å². The smallest absolute Gasteiger partial charge is 0.131 e.